The topological polar surface area (TPSA) is 267 Å². The summed E-state index contributed by atoms with van der Waals surface area (Å²) in [4.78, 5) is 40.0. The lowest BCUT2D eigenvalue weighted by molar-refractivity contribution is -0.333. The van der Waals surface area contributed by atoms with E-state index in [0.29, 0.717) is 23.1 Å². The zero-order chi connectivity index (χ0) is 54.1. The molecule has 0 aromatic heterocycles. The maximum atomic E-state index is 14.0. The van der Waals surface area contributed by atoms with Gasteiger partial charge in [0.1, 0.15) is 46.7 Å². The lowest BCUT2D eigenvalue weighted by Gasteiger charge is -2.47. The van der Waals surface area contributed by atoms with Gasteiger partial charge in [0, 0.05) is 19.4 Å². The van der Waals surface area contributed by atoms with E-state index in [4.69, 9.17) is 49.5 Å². The Bertz CT molecular complexity index is 2220. The number of carbonyl (C=O) groups is 3. The average molecular weight is 1100 g/mol. The maximum Gasteiger partial charge on any atom is 0.342 e. The van der Waals surface area contributed by atoms with Gasteiger partial charge in [-0.1, -0.05) is 75.2 Å². The lowest BCUT2D eigenvalue weighted by Crippen LogP contribution is -2.64. The maximum absolute atomic E-state index is 14.0. The minimum Gasteiger partial charge on any atom is -0.505 e. The van der Waals surface area contributed by atoms with E-state index in [1.54, 1.807) is 53.7 Å². The molecule has 0 aliphatic carbocycles. The minimum atomic E-state index is -1.60. The number of rotatable bonds is 13. The van der Waals surface area contributed by atoms with Gasteiger partial charge in [0.2, 0.25) is 0 Å². The largest absolute Gasteiger partial charge is 0.505 e. The monoisotopic (exact) mass is 1100 g/mol. The van der Waals surface area contributed by atoms with Gasteiger partial charge >= 0.3 is 17.9 Å². The molecule has 0 bridgehead atoms. The molecule has 3 heterocycles. The molecule has 404 valence electrons. The van der Waals surface area contributed by atoms with Gasteiger partial charge in [0.05, 0.1) is 47.0 Å². The number of methoxy groups -OCH3 is 1. The van der Waals surface area contributed by atoms with Gasteiger partial charge in [-0.25, -0.2) is 9.59 Å². The summed E-state index contributed by atoms with van der Waals surface area (Å²) in [6.45, 7) is 18.2. The first-order chi connectivity index (χ1) is 33.7. The highest BCUT2D eigenvalue weighted by molar-refractivity contribution is 9.10. The van der Waals surface area contributed by atoms with E-state index in [1.807, 2.05) is 32.9 Å². The molecule has 18 nitrogen and oxygen atoms in total. The second-order valence-electron chi connectivity index (χ2n) is 19.4. The van der Waals surface area contributed by atoms with Crippen LogP contribution in [0.1, 0.15) is 111 Å². The van der Waals surface area contributed by atoms with Gasteiger partial charge in [0.15, 0.2) is 36.3 Å². The highest BCUT2D eigenvalue weighted by Crippen LogP contribution is 2.45. The fourth-order valence-corrected chi connectivity index (χ4v) is 9.58. The summed E-state index contributed by atoms with van der Waals surface area (Å²) < 4.78 is 47.7. The molecule has 0 amide bonds. The Hall–Kier alpha value is -3.70. The van der Waals surface area contributed by atoms with Crippen LogP contribution >= 0.6 is 27.5 Å². The number of hydrogen-bond donors (Lipinski definition) is 7. The highest BCUT2D eigenvalue weighted by Gasteiger charge is 2.53. The summed E-state index contributed by atoms with van der Waals surface area (Å²) in [6, 6.07) is 0. The quantitative estimate of drug-likeness (QED) is 0.0645. The molecule has 5 unspecified atom stereocenters. The minimum absolute atomic E-state index is 0.0291. The van der Waals surface area contributed by atoms with Crippen molar-refractivity contribution in [3.8, 4) is 11.5 Å². The third kappa shape index (κ3) is 14.8. The third-order valence-corrected chi connectivity index (χ3v) is 14.2. The summed E-state index contributed by atoms with van der Waals surface area (Å²) in [5.41, 5.74) is 0.575. The van der Waals surface area contributed by atoms with E-state index in [1.165, 1.54) is 33.1 Å². The van der Waals surface area contributed by atoms with E-state index in [-0.39, 0.29) is 40.4 Å². The Kier molecular flexibility index (Phi) is 22.5. The van der Waals surface area contributed by atoms with Crippen molar-refractivity contribution in [1.82, 2.24) is 0 Å². The first-order valence-electron chi connectivity index (χ1n) is 24.2. The van der Waals surface area contributed by atoms with Gasteiger partial charge in [-0.15, -0.1) is 0 Å². The second kappa shape index (κ2) is 26.7. The van der Waals surface area contributed by atoms with Crippen LogP contribution in [0.25, 0.3) is 0 Å². The molecular formula is C52H74BrClO18. The van der Waals surface area contributed by atoms with Crippen molar-refractivity contribution >= 4 is 45.4 Å². The number of phenols is 2. The number of allylic oxidation sites excluding steroid dienone is 4. The van der Waals surface area contributed by atoms with Crippen LogP contribution in [0.3, 0.4) is 0 Å². The van der Waals surface area contributed by atoms with Crippen LogP contribution in [0.4, 0.5) is 0 Å². The molecule has 2 fully saturated rings. The predicted octanol–water partition coefficient (Wildman–Crippen LogP) is 6.34. The van der Waals surface area contributed by atoms with E-state index < -0.39 is 138 Å². The fourth-order valence-electron chi connectivity index (χ4n) is 8.60. The predicted molar refractivity (Wildman–Crippen MR) is 268 cm³/mol. The lowest BCUT2D eigenvalue weighted by atomic mass is 9.88. The summed E-state index contributed by atoms with van der Waals surface area (Å²) in [5, 5.41) is 76.9. The molecule has 0 radical (unpaired) electrons. The van der Waals surface area contributed by atoms with Crippen molar-refractivity contribution in [2.75, 3.05) is 13.7 Å². The number of carbonyl (C=O) groups excluding carboxylic acids is 3. The van der Waals surface area contributed by atoms with Crippen LogP contribution in [-0.4, -0.2) is 153 Å². The molecule has 4 rings (SSSR count). The Morgan fingerprint density at radius 1 is 0.944 bits per heavy atom. The van der Waals surface area contributed by atoms with Crippen molar-refractivity contribution in [3.05, 3.63) is 79.4 Å². The third-order valence-electron chi connectivity index (χ3n) is 13.0. The Morgan fingerprint density at radius 2 is 1.61 bits per heavy atom. The first-order valence-corrected chi connectivity index (χ1v) is 25.3. The van der Waals surface area contributed by atoms with Crippen LogP contribution in [-0.2, 0) is 53.9 Å². The SMILES string of the molecule is CCc1c(Br)c(O)c(Cl)c(O)c1C(=O)O[C@@H]1[C@@H](O)[C@@H](OC)[C@@H](OC/C2=C\C=C\CC(O)/C(C)=C/C(CC)C(O[C@@H]3OC(C)(C)[C@@H](OC(=O)C(C)C)[C@H](O)[C@@H]3O)/C(C)=C/C(C)=C/CC(C(C)O)OC2=O)O[C@H]1C. The molecule has 72 heavy (non-hydrogen) atoms. The molecule has 7 N–H and O–H groups in total. The zero-order valence-electron chi connectivity index (χ0n) is 43.0. The summed E-state index contributed by atoms with van der Waals surface area (Å²) in [5.74, 6) is -4.51. The smallest absolute Gasteiger partial charge is 0.342 e. The van der Waals surface area contributed by atoms with Crippen molar-refractivity contribution in [3.63, 3.8) is 0 Å². The van der Waals surface area contributed by atoms with Crippen molar-refractivity contribution in [2.24, 2.45) is 11.8 Å². The van der Waals surface area contributed by atoms with Crippen LogP contribution in [0.2, 0.25) is 5.02 Å². The molecule has 0 saturated carbocycles. The Labute approximate surface area is 435 Å². The number of phenolic OH excluding ortho intramolecular Hbond substituents is 2. The van der Waals surface area contributed by atoms with E-state index in [9.17, 15) is 50.1 Å². The number of cyclic esters (lactones) is 1. The molecule has 1 aromatic carbocycles. The molecule has 3 aliphatic heterocycles. The first kappa shape index (κ1) is 60.9. The Morgan fingerprint density at radius 3 is 2.21 bits per heavy atom. The van der Waals surface area contributed by atoms with Crippen LogP contribution in [0.15, 0.2) is 63.2 Å². The van der Waals surface area contributed by atoms with Gasteiger partial charge in [-0.3, -0.25) is 4.79 Å². The highest BCUT2D eigenvalue weighted by atomic mass is 79.9. The van der Waals surface area contributed by atoms with Gasteiger partial charge in [0.25, 0.3) is 0 Å². The number of benzene rings is 1. The normalized spacial score (nSPS) is 34.8. The van der Waals surface area contributed by atoms with Crippen LogP contribution < -0.4 is 0 Å². The molecule has 3 aliphatic rings. The van der Waals surface area contributed by atoms with Crippen molar-refractivity contribution < 1.29 is 88.0 Å². The molecule has 14 atom stereocenters. The van der Waals surface area contributed by atoms with E-state index in [2.05, 4.69) is 15.9 Å². The Balaban J connectivity index is 1.61. The zero-order valence-corrected chi connectivity index (χ0v) is 45.4. The summed E-state index contributed by atoms with van der Waals surface area (Å²) >= 11 is 9.30. The molecule has 1 aromatic rings. The molecular weight excluding hydrogens is 1030 g/mol. The standard InChI is InChI=1S/C52H74BrClO18/c1-13-30-22-26(6)33(56)18-16-15-17-31(23-66-51-45(65-12)42(61)44(29(9)67-51)69-49(64)35-32(14-2)36(53)39(58)37(54)38(35)57)48(63)68-34(28(8)55)20-19-25(5)21-27(7)43(30)70-50-41(60)40(59)46(52(10,11)72-50)71-47(62)24(3)4/h15-17,19,21-22,24,28-30,33-34,40-46,50-51,55-61H,13-14,18,20,23H2,1-12H3/b16-15+,25-19+,26-22+,27-21+,31-17+/t28?,29-,30?,33?,34?,40+,41-,42+,43?,44-,45+,46-,50+,51-/m0/s1. The number of hydrogen-bond acceptors (Lipinski definition) is 18. The molecule has 20 heteroatoms. The fraction of sp³-hybridized carbons (Fsp3) is 0.635. The number of aliphatic hydroxyl groups excluding tert-OH is 5. The van der Waals surface area contributed by atoms with Crippen LogP contribution in [0.5, 0.6) is 11.5 Å². The van der Waals surface area contributed by atoms with Gasteiger partial charge in [-0.05, 0) is 106 Å². The van der Waals surface area contributed by atoms with E-state index >= 15 is 0 Å². The van der Waals surface area contributed by atoms with Gasteiger partial charge in [-0.2, -0.15) is 0 Å². The number of aliphatic hydroxyl groups is 5. The summed E-state index contributed by atoms with van der Waals surface area (Å²) in [7, 11) is 1.27. The molecule has 0 spiro atoms. The van der Waals surface area contributed by atoms with Crippen molar-refractivity contribution in [1.29, 1.82) is 0 Å². The van der Waals surface area contributed by atoms with Gasteiger partial charge < -0.3 is 73.6 Å². The number of esters is 3. The number of halogens is 2. The summed E-state index contributed by atoms with van der Waals surface area (Å²) in [6.07, 6.45) is -5.20. The average Bonchev–Trinajstić information content (AvgIpc) is 3.32. The number of ether oxygens (including phenoxy) is 8. The molecule has 2 saturated heterocycles. The number of aromatic hydroxyl groups is 2. The second-order valence-corrected chi connectivity index (χ2v) is 20.5. The van der Waals surface area contributed by atoms with E-state index in [0.717, 1.165) is 0 Å². The van der Waals surface area contributed by atoms with Crippen LogP contribution in [0, 0.1) is 11.8 Å². The van der Waals surface area contributed by atoms with Crippen molar-refractivity contribution in [2.45, 2.75) is 187 Å².